The van der Waals surface area contributed by atoms with Gasteiger partial charge in [-0.1, -0.05) is 37.3 Å². The first-order valence-corrected chi connectivity index (χ1v) is 7.84. The molecule has 0 saturated carbocycles. The molecule has 1 amide bonds. The van der Waals surface area contributed by atoms with Gasteiger partial charge in [0.05, 0.1) is 10.5 Å². The van der Waals surface area contributed by atoms with Gasteiger partial charge in [0.15, 0.2) is 11.3 Å². The topological polar surface area (TPSA) is 59.3 Å². The van der Waals surface area contributed by atoms with Gasteiger partial charge >= 0.3 is 0 Å². The SMILES string of the molecule is CCC(NC(=O)c1nn2cccnc2c1Br)c1ccccc1. The summed E-state index contributed by atoms with van der Waals surface area (Å²) in [6, 6.07) is 11.6. The van der Waals surface area contributed by atoms with Gasteiger partial charge in [0.25, 0.3) is 5.91 Å². The standard InChI is InChI=1S/C16H15BrN4O/c1-2-12(11-7-4-3-5-8-11)19-16(22)14-13(17)15-18-9-6-10-21(15)20-14/h3-10,12H,2H2,1H3,(H,19,22). The lowest BCUT2D eigenvalue weighted by molar-refractivity contribution is 0.0929. The van der Waals surface area contributed by atoms with E-state index in [2.05, 4.69) is 31.3 Å². The van der Waals surface area contributed by atoms with E-state index in [-0.39, 0.29) is 11.9 Å². The maximum Gasteiger partial charge on any atom is 0.273 e. The first kappa shape index (κ1) is 14.7. The van der Waals surface area contributed by atoms with Crippen molar-refractivity contribution in [3.8, 4) is 0 Å². The third kappa shape index (κ3) is 2.74. The highest BCUT2D eigenvalue weighted by Gasteiger charge is 2.21. The van der Waals surface area contributed by atoms with Gasteiger partial charge in [0, 0.05) is 12.4 Å². The van der Waals surface area contributed by atoms with Crippen LogP contribution in [0.2, 0.25) is 0 Å². The predicted molar refractivity (Wildman–Crippen MR) is 87.6 cm³/mol. The van der Waals surface area contributed by atoms with Gasteiger partial charge in [0.1, 0.15) is 0 Å². The molecule has 3 aromatic rings. The average molecular weight is 359 g/mol. The van der Waals surface area contributed by atoms with Gasteiger partial charge in [-0.25, -0.2) is 9.50 Å². The molecule has 3 rings (SSSR count). The van der Waals surface area contributed by atoms with E-state index in [1.807, 2.05) is 37.3 Å². The maximum atomic E-state index is 12.5. The molecule has 22 heavy (non-hydrogen) atoms. The second kappa shape index (κ2) is 6.27. The molecule has 2 heterocycles. The summed E-state index contributed by atoms with van der Waals surface area (Å²) in [5, 5.41) is 7.32. The maximum absolute atomic E-state index is 12.5. The fourth-order valence-corrected chi connectivity index (χ4v) is 2.88. The zero-order chi connectivity index (χ0) is 15.5. The molecule has 112 valence electrons. The van der Waals surface area contributed by atoms with Crippen LogP contribution in [-0.2, 0) is 0 Å². The summed E-state index contributed by atoms with van der Waals surface area (Å²) in [5.41, 5.74) is 2.05. The van der Waals surface area contributed by atoms with Crippen LogP contribution in [0.25, 0.3) is 5.65 Å². The first-order valence-electron chi connectivity index (χ1n) is 7.05. The number of amides is 1. The molecule has 1 atom stereocenters. The van der Waals surface area contributed by atoms with E-state index < -0.39 is 0 Å². The monoisotopic (exact) mass is 358 g/mol. The molecule has 0 aliphatic carbocycles. The van der Waals surface area contributed by atoms with Gasteiger partial charge in [0.2, 0.25) is 0 Å². The Labute approximate surface area is 136 Å². The minimum Gasteiger partial charge on any atom is -0.344 e. The molecule has 0 aliphatic heterocycles. The lowest BCUT2D eigenvalue weighted by atomic mass is 10.0. The van der Waals surface area contributed by atoms with Crippen LogP contribution in [0.15, 0.2) is 53.3 Å². The zero-order valence-electron chi connectivity index (χ0n) is 12.0. The minimum absolute atomic E-state index is 0.0432. The van der Waals surface area contributed by atoms with Crippen LogP contribution in [0.3, 0.4) is 0 Å². The van der Waals surface area contributed by atoms with Crippen LogP contribution < -0.4 is 5.32 Å². The summed E-state index contributed by atoms with van der Waals surface area (Å²) < 4.78 is 2.19. The number of nitrogens with zero attached hydrogens (tertiary/aromatic N) is 3. The molecule has 0 spiro atoms. The molecule has 5 nitrogen and oxygen atoms in total. The van der Waals surface area contributed by atoms with Crippen molar-refractivity contribution in [2.24, 2.45) is 0 Å². The molecule has 1 N–H and O–H groups in total. The number of hydrogen-bond donors (Lipinski definition) is 1. The molecule has 0 bridgehead atoms. The van der Waals surface area contributed by atoms with Gasteiger partial charge in [-0.2, -0.15) is 5.10 Å². The summed E-state index contributed by atoms with van der Waals surface area (Å²) in [6.07, 6.45) is 4.24. The molecule has 6 heteroatoms. The summed E-state index contributed by atoms with van der Waals surface area (Å²) in [4.78, 5) is 16.7. The van der Waals surface area contributed by atoms with Crippen LogP contribution in [0.1, 0.15) is 35.4 Å². The summed E-state index contributed by atoms with van der Waals surface area (Å²) in [6.45, 7) is 2.04. The Morgan fingerprint density at radius 2 is 2.09 bits per heavy atom. The van der Waals surface area contributed by atoms with Crippen molar-refractivity contribution in [2.75, 3.05) is 0 Å². The largest absolute Gasteiger partial charge is 0.344 e. The first-order chi connectivity index (χ1) is 10.7. The second-order valence-corrected chi connectivity index (χ2v) is 5.69. The van der Waals surface area contributed by atoms with E-state index >= 15 is 0 Å². The lowest BCUT2D eigenvalue weighted by Gasteiger charge is -2.16. The fourth-order valence-electron chi connectivity index (χ4n) is 2.34. The van der Waals surface area contributed by atoms with Crippen molar-refractivity contribution in [1.29, 1.82) is 0 Å². The molecule has 1 unspecified atom stereocenters. The molecule has 0 saturated heterocycles. The van der Waals surface area contributed by atoms with E-state index in [1.54, 1.807) is 23.0 Å². The Morgan fingerprint density at radius 1 is 1.32 bits per heavy atom. The van der Waals surface area contributed by atoms with Crippen molar-refractivity contribution >= 4 is 27.5 Å². The Balaban J connectivity index is 1.88. The number of benzene rings is 1. The Hall–Kier alpha value is -2.21. The minimum atomic E-state index is -0.215. The number of fused-ring (bicyclic) bond motifs is 1. The van der Waals surface area contributed by atoms with Crippen LogP contribution >= 0.6 is 15.9 Å². The van der Waals surface area contributed by atoms with Crippen LogP contribution in [0.4, 0.5) is 0 Å². The number of halogens is 1. The van der Waals surface area contributed by atoms with Gasteiger partial charge in [-0.05, 0) is 34.0 Å². The number of nitrogens with one attached hydrogen (secondary N) is 1. The fraction of sp³-hybridized carbons (Fsp3) is 0.188. The second-order valence-electron chi connectivity index (χ2n) is 4.90. The molecule has 0 fully saturated rings. The van der Waals surface area contributed by atoms with Gasteiger partial charge in [-0.15, -0.1) is 0 Å². The predicted octanol–water partition coefficient (Wildman–Crippen LogP) is 3.37. The summed E-state index contributed by atoms with van der Waals surface area (Å²) >= 11 is 3.41. The van der Waals surface area contributed by atoms with Crippen LogP contribution in [-0.4, -0.2) is 20.5 Å². The average Bonchev–Trinajstić information content (AvgIpc) is 2.91. The van der Waals surface area contributed by atoms with Crippen molar-refractivity contribution in [3.63, 3.8) is 0 Å². The van der Waals surface area contributed by atoms with Gasteiger partial charge in [-0.3, -0.25) is 4.79 Å². The summed E-state index contributed by atoms with van der Waals surface area (Å²) in [7, 11) is 0. The van der Waals surface area contributed by atoms with Crippen molar-refractivity contribution in [3.05, 3.63) is 64.5 Å². The third-order valence-electron chi connectivity index (χ3n) is 3.47. The van der Waals surface area contributed by atoms with E-state index in [1.165, 1.54) is 0 Å². The zero-order valence-corrected chi connectivity index (χ0v) is 13.6. The number of hydrogen-bond acceptors (Lipinski definition) is 3. The van der Waals surface area contributed by atoms with E-state index in [0.29, 0.717) is 15.8 Å². The Morgan fingerprint density at radius 3 is 2.77 bits per heavy atom. The van der Waals surface area contributed by atoms with E-state index in [4.69, 9.17) is 0 Å². The summed E-state index contributed by atoms with van der Waals surface area (Å²) in [5.74, 6) is -0.215. The normalized spacial score (nSPS) is 12.3. The number of aromatic nitrogens is 3. The molecule has 1 aromatic carbocycles. The van der Waals surface area contributed by atoms with Crippen LogP contribution in [0, 0.1) is 0 Å². The molecular formula is C16H15BrN4O. The van der Waals surface area contributed by atoms with Crippen molar-refractivity contribution in [2.45, 2.75) is 19.4 Å². The molecule has 2 aromatic heterocycles. The number of rotatable bonds is 4. The highest BCUT2D eigenvalue weighted by molar-refractivity contribution is 9.10. The van der Waals surface area contributed by atoms with Crippen molar-refractivity contribution in [1.82, 2.24) is 19.9 Å². The smallest absolute Gasteiger partial charge is 0.273 e. The number of carbonyl (C=O) groups excluding carboxylic acids is 1. The Bertz CT molecular complexity index is 800. The van der Waals surface area contributed by atoms with Crippen molar-refractivity contribution < 1.29 is 4.79 Å². The lowest BCUT2D eigenvalue weighted by Crippen LogP contribution is -2.28. The van der Waals surface area contributed by atoms with Crippen LogP contribution in [0.5, 0.6) is 0 Å². The molecule has 0 aliphatic rings. The molecular weight excluding hydrogens is 344 g/mol. The van der Waals surface area contributed by atoms with E-state index in [9.17, 15) is 4.79 Å². The van der Waals surface area contributed by atoms with E-state index in [0.717, 1.165) is 12.0 Å². The highest BCUT2D eigenvalue weighted by atomic mass is 79.9. The molecule has 0 radical (unpaired) electrons. The quantitative estimate of drug-likeness (QED) is 0.777. The highest BCUT2D eigenvalue weighted by Crippen LogP contribution is 2.22. The number of carbonyl (C=O) groups is 1. The third-order valence-corrected chi connectivity index (χ3v) is 4.20. The Kier molecular flexibility index (Phi) is 4.20. The van der Waals surface area contributed by atoms with Gasteiger partial charge < -0.3 is 5.32 Å².